The molecule has 1 aliphatic rings. The smallest absolute Gasteiger partial charge is 0.337 e. The molecule has 3 heterocycles. The minimum absolute atomic E-state index is 0.168. The monoisotopic (exact) mass is 512 g/mol. The van der Waals surface area contributed by atoms with Gasteiger partial charge in [-0.05, 0) is 80.2 Å². The summed E-state index contributed by atoms with van der Waals surface area (Å²) < 4.78 is 12.6. The molecule has 1 N–H and O–H groups in total. The summed E-state index contributed by atoms with van der Waals surface area (Å²) in [6, 6.07) is 23.1. The number of methoxy groups -OCH3 is 2. The highest BCUT2D eigenvalue weighted by atomic mass is 32.1. The number of carbonyl (C=O) groups excluding carboxylic acids is 1. The Kier molecular flexibility index (Phi) is 6.67. The molecule has 37 heavy (non-hydrogen) atoms. The summed E-state index contributed by atoms with van der Waals surface area (Å²) >= 11 is 5.88. The Bertz CT molecular complexity index is 1470. The van der Waals surface area contributed by atoms with Gasteiger partial charge in [0.05, 0.1) is 37.6 Å². The van der Waals surface area contributed by atoms with Crippen LogP contribution in [0.15, 0.2) is 79.0 Å². The molecular formula is C29H28N4O3S. The molecule has 0 saturated carbocycles. The number of anilines is 1. The topological polar surface area (TPSA) is 68.6 Å². The first-order valence-corrected chi connectivity index (χ1v) is 12.4. The summed E-state index contributed by atoms with van der Waals surface area (Å²) in [5.41, 5.74) is 6.41. The molecule has 0 amide bonds. The zero-order chi connectivity index (χ0) is 26.1. The Morgan fingerprint density at radius 1 is 0.973 bits per heavy atom. The first-order chi connectivity index (χ1) is 17.9. The lowest BCUT2D eigenvalue weighted by atomic mass is 9.96. The molecule has 0 unspecified atom stereocenters. The molecule has 5 rings (SSSR count). The minimum atomic E-state index is -0.366. The molecule has 1 aliphatic heterocycles. The van der Waals surface area contributed by atoms with Crippen LogP contribution in [0.3, 0.4) is 0 Å². The van der Waals surface area contributed by atoms with Crippen LogP contribution in [0.4, 0.5) is 5.69 Å². The fourth-order valence-corrected chi connectivity index (χ4v) is 5.43. The van der Waals surface area contributed by atoms with E-state index in [0.717, 1.165) is 39.8 Å². The van der Waals surface area contributed by atoms with Gasteiger partial charge in [0, 0.05) is 35.0 Å². The lowest BCUT2D eigenvalue weighted by molar-refractivity contribution is 0.0600. The number of rotatable bonds is 6. The molecule has 8 heteroatoms. The van der Waals surface area contributed by atoms with Crippen molar-refractivity contribution in [3.05, 3.63) is 107 Å². The third-order valence-electron chi connectivity index (χ3n) is 6.74. The van der Waals surface area contributed by atoms with Crippen LogP contribution in [-0.2, 0) is 4.74 Å². The van der Waals surface area contributed by atoms with Crippen LogP contribution in [0.5, 0.6) is 5.75 Å². The van der Waals surface area contributed by atoms with Crippen molar-refractivity contribution >= 4 is 29.0 Å². The summed E-state index contributed by atoms with van der Waals surface area (Å²) in [5.74, 6) is 0.389. The maximum absolute atomic E-state index is 12.2. The van der Waals surface area contributed by atoms with E-state index in [-0.39, 0.29) is 18.1 Å². The van der Waals surface area contributed by atoms with Crippen molar-refractivity contribution in [2.24, 2.45) is 0 Å². The molecule has 7 nitrogen and oxygen atoms in total. The fourth-order valence-electron chi connectivity index (χ4n) is 5.08. The molecule has 2 aromatic carbocycles. The third-order valence-corrected chi connectivity index (χ3v) is 7.06. The Labute approximate surface area is 221 Å². The van der Waals surface area contributed by atoms with Crippen LogP contribution in [0, 0.1) is 13.8 Å². The number of ether oxygens (including phenoxy) is 2. The second-order valence-corrected chi connectivity index (χ2v) is 9.29. The molecule has 4 aromatic rings. The number of aromatic nitrogens is 2. The van der Waals surface area contributed by atoms with E-state index in [0.29, 0.717) is 10.7 Å². The predicted molar refractivity (Wildman–Crippen MR) is 148 cm³/mol. The molecular weight excluding hydrogens is 484 g/mol. The minimum Gasteiger partial charge on any atom is -0.497 e. The van der Waals surface area contributed by atoms with Crippen molar-refractivity contribution in [2.75, 3.05) is 19.1 Å². The van der Waals surface area contributed by atoms with Gasteiger partial charge in [-0.1, -0.05) is 18.2 Å². The highest BCUT2D eigenvalue weighted by molar-refractivity contribution is 7.80. The van der Waals surface area contributed by atoms with Crippen LogP contribution in [0.25, 0.3) is 5.69 Å². The second-order valence-electron chi connectivity index (χ2n) is 8.90. The number of pyridine rings is 1. The lowest BCUT2D eigenvalue weighted by Crippen LogP contribution is -2.29. The zero-order valence-corrected chi connectivity index (χ0v) is 22.0. The molecule has 1 fully saturated rings. The van der Waals surface area contributed by atoms with Crippen LogP contribution >= 0.6 is 12.2 Å². The van der Waals surface area contributed by atoms with Gasteiger partial charge in [0.2, 0.25) is 0 Å². The summed E-state index contributed by atoms with van der Waals surface area (Å²) in [6.07, 6.45) is 1.80. The van der Waals surface area contributed by atoms with E-state index in [1.807, 2.05) is 60.7 Å². The number of nitrogens with zero attached hydrogens (tertiary/aromatic N) is 3. The van der Waals surface area contributed by atoms with Crippen LogP contribution in [0.2, 0.25) is 0 Å². The normalized spacial score (nSPS) is 17.0. The van der Waals surface area contributed by atoms with E-state index in [4.69, 9.17) is 21.7 Å². The van der Waals surface area contributed by atoms with Crippen molar-refractivity contribution in [3.8, 4) is 11.4 Å². The summed E-state index contributed by atoms with van der Waals surface area (Å²) in [5, 5.41) is 4.13. The highest BCUT2D eigenvalue weighted by Gasteiger charge is 2.42. The van der Waals surface area contributed by atoms with Crippen molar-refractivity contribution in [2.45, 2.75) is 25.9 Å². The molecule has 188 valence electrons. The van der Waals surface area contributed by atoms with Gasteiger partial charge in [0.15, 0.2) is 5.11 Å². The van der Waals surface area contributed by atoms with E-state index < -0.39 is 0 Å². The third kappa shape index (κ3) is 4.44. The van der Waals surface area contributed by atoms with Crippen LogP contribution < -0.4 is 15.0 Å². The SMILES string of the molecule is COC(=O)c1cccc(-n2c(C)cc([C@@H]3[C@@H](c4ccccn4)NC(=S)N3c3cccc(OC)c3)c2C)c1. The Morgan fingerprint density at radius 3 is 2.49 bits per heavy atom. The van der Waals surface area contributed by atoms with Crippen molar-refractivity contribution in [1.29, 1.82) is 0 Å². The fraction of sp³-hybridized carbons (Fsp3) is 0.207. The van der Waals surface area contributed by atoms with Gasteiger partial charge in [0.25, 0.3) is 0 Å². The standard InChI is InChI=1S/C29H28N4O3S/c1-18-15-24(19(2)32(18)21-10-7-9-20(16-21)28(34)36-4)27-26(25-13-5-6-14-30-25)31-29(37)33(27)22-11-8-12-23(17-22)35-3/h5-17,26-27H,1-4H3,(H,31,37)/t26-,27-/m1/s1. The Morgan fingerprint density at radius 2 is 1.76 bits per heavy atom. The molecule has 0 bridgehead atoms. The number of hydrogen-bond donors (Lipinski definition) is 1. The molecule has 0 aliphatic carbocycles. The molecule has 2 aromatic heterocycles. The number of hydrogen-bond acceptors (Lipinski definition) is 5. The zero-order valence-electron chi connectivity index (χ0n) is 21.1. The van der Waals surface area contributed by atoms with Gasteiger partial charge >= 0.3 is 5.97 Å². The molecule has 1 saturated heterocycles. The van der Waals surface area contributed by atoms with E-state index >= 15 is 0 Å². The van der Waals surface area contributed by atoms with Gasteiger partial charge in [0.1, 0.15) is 5.75 Å². The quantitative estimate of drug-likeness (QED) is 0.272. The highest BCUT2D eigenvalue weighted by Crippen LogP contribution is 2.44. The largest absolute Gasteiger partial charge is 0.497 e. The van der Waals surface area contributed by atoms with E-state index in [2.05, 4.69) is 39.7 Å². The van der Waals surface area contributed by atoms with Gasteiger partial charge in [-0.2, -0.15) is 0 Å². The van der Waals surface area contributed by atoms with Gasteiger partial charge in [-0.15, -0.1) is 0 Å². The van der Waals surface area contributed by atoms with Crippen LogP contribution in [-0.4, -0.2) is 34.9 Å². The average Bonchev–Trinajstić information content (AvgIpc) is 3.43. The van der Waals surface area contributed by atoms with Crippen molar-refractivity contribution in [3.63, 3.8) is 0 Å². The summed E-state index contributed by atoms with van der Waals surface area (Å²) in [7, 11) is 3.05. The average molecular weight is 513 g/mol. The van der Waals surface area contributed by atoms with E-state index in [1.165, 1.54) is 7.11 Å². The summed E-state index contributed by atoms with van der Waals surface area (Å²) in [6.45, 7) is 4.15. The second kappa shape index (κ2) is 10.1. The van der Waals surface area contributed by atoms with Crippen LogP contribution in [0.1, 0.15) is 45.1 Å². The molecule has 2 atom stereocenters. The number of thiocarbonyl (C=S) groups is 1. The molecule has 0 radical (unpaired) electrons. The first kappa shape index (κ1) is 24.5. The maximum Gasteiger partial charge on any atom is 0.337 e. The van der Waals surface area contributed by atoms with Crippen molar-refractivity contribution < 1.29 is 14.3 Å². The first-order valence-electron chi connectivity index (χ1n) is 11.9. The Hall–Kier alpha value is -4.17. The maximum atomic E-state index is 12.2. The number of benzene rings is 2. The summed E-state index contributed by atoms with van der Waals surface area (Å²) in [4.78, 5) is 19.0. The number of aryl methyl sites for hydroxylation is 1. The van der Waals surface area contributed by atoms with Gasteiger partial charge in [-0.25, -0.2) is 4.79 Å². The van der Waals surface area contributed by atoms with E-state index in [9.17, 15) is 4.79 Å². The van der Waals surface area contributed by atoms with Gasteiger partial charge in [-0.3, -0.25) is 4.98 Å². The number of nitrogens with one attached hydrogen (secondary N) is 1. The number of esters is 1. The van der Waals surface area contributed by atoms with Gasteiger partial charge < -0.3 is 24.3 Å². The molecule has 0 spiro atoms. The van der Waals surface area contributed by atoms with Crippen molar-refractivity contribution in [1.82, 2.24) is 14.9 Å². The number of carbonyl (C=O) groups is 1. The van der Waals surface area contributed by atoms with E-state index in [1.54, 1.807) is 19.4 Å². The predicted octanol–water partition coefficient (Wildman–Crippen LogP) is 5.46. The Balaban J connectivity index is 1.67. The lowest BCUT2D eigenvalue weighted by Gasteiger charge is -2.28.